The van der Waals surface area contributed by atoms with Crippen LogP contribution >= 0.6 is 11.6 Å². The van der Waals surface area contributed by atoms with Gasteiger partial charge in [-0.25, -0.2) is 14.2 Å². The molecule has 0 aliphatic rings. The van der Waals surface area contributed by atoms with E-state index in [4.69, 9.17) is 11.6 Å². The van der Waals surface area contributed by atoms with Gasteiger partial charge >= 0.3 is 11.8 Å². The Morgan fingerprint density at radius 3 is 2.35 bits per heavy atom. The maximum Gasteiger partial charge on any atom is 0.324 e. The molecule has 0 radical (unpaired) electrons. The number of amides is 1. The van der Waals surface area contributed by atoms with Gasteiger partial charge in [-0.05, 0) is 11.6 Å². The smallest absolute Gasteiger partial charge is 0.265 e. The summed E-state index contributed by atoms with van der Waals surface area (Å²) >= 11 is 5.41. The second-order valence-electron chi connectivity index (χ2n) is 3.28. The summed E-state index contributed by atoms with van der Waals surface area (Å²) in [5.41, 5.74) is 0. The second kappa shape index (κ2) is 4.61. The summed E-state index contributed by atoms with van der Waals surface area (Å²) in [5.74, 6) is -5.41. The third-order valence-electron chi connectivity index (χ3n) is 1.67. The molecule has 0 unspecified atom stereocenters. The second-order valence-corrected chi connectivity index (χ2v) is 5.87. The lowest BCUT2D eigenvalue weighted by atomic mass is 10.4. The molecule has 0 saturated heterocycles. The van der Waals surface area contributed by atoms with Crippen molar-refractivity contribution in [1.82, 2.24) is 9.97 Å². The first kappa shape index (κ1) is 13.9. The fraction of sp³-hybridized carbons (Fsp3) is 0.375. The molecule has 0 spiro atoms. The van der Waals surface area contributed by atoms with Crippen molar-refractivity contribution in [3.05, 3.63) is 17.7 Å². The van der Waals surface area contributed by atoms with E-state index >= 15 is 0 Å². The molecule has 0 fully saturated rings. The lowest BCUT2D eigenvalue weighted by Crippen LogP contribution is -2.23. The third kappa shape index (κ3) is 3.67. The molecule has 1 atom stereocenters. The van der Waals surface area contributed by atoms with Crippen LogP contribution in [0.15, 0.2) is 21.7 Å². The lowest BCUT2D eigenvalue weighted by molar-refractivity contribution is -0.138. The monoisotopic (exact) mass is 283 g/mol. The Balaban J connectivity index is 3.20. The number of nitrogens with zero attached hydrogens (tertiary/aromatic N) is 3. The summed E-state index contributed by atoms with van der Waals surface area (Å²) in [7, 11) is -3.30. The number of rotatable bonds is 2. The summed E-state index contributed by atoms with van der Waals surface area (Å²) in [6.07, 6.45) is 3.19. The first-order valence-corrected chi connectivity index (χ1v) is 6.55. The average Bonchev–Trinajstić information content (AvgIpc) is 2.16. The minimum atomic E-state index is -3.66. The molecule has 1 aromatic heterocycles. The zero-order valence-corrected chi connectivity index (χ0v) is 10.4. The highest BCUT2D eigenvalue weighted by Crippen LogP contribution is 2.17. The predicted molar refractivity (Wildman–Crippen MR) is 57.4 cm³/mol. The van der Waals surface area contributed by atoms with Gasteiger partial charge in [-0.3, -0.25) is 4.79 Å². The molecule has 5 nitrogen and oxygen atoms in total. The Bertz CT molecular complexity index is 547. The molecular formula is C8H8ClF2N3O2S. The normalized spacial score (nSPS) is 15.1. The molecule has 9 heteroatoms. The third-order valence-corrected chi connectivity index (χ3v) is 3.46. The molecule has 0 N–H and O–H groups in total. The summed E-state index contributed by atoms with van der Waals surface area (Å²) in [6, 6.07) is 0. The van der Waals surface area contributed by atoms with Gasteiger partial charge in [0.1, 0.15) is 0 Å². The van der Waals surface area contributed by atoms with E-state index in [9.17, 15) is 17.8 Å². The van der Waals surface area contributed by atoms with Crippen LogP contribution in [0.2, 0.25) is 5.28 Å². The fourth-order valence-electron chi connectivity index (χ4n) is 0.787. The minimum Gasteiger partial charge on any atom is -0.265 e. The number of halogens is 3. The van der Waals surface area contributed by atoms with E-state index in [0.29, 0.717) is 6.92 Å². The highest BCUT2D eigenvalue weighted by molar-refractivity contribution is 7.93. The van der Waals surface area contributed by atoms with Gasteiger partial charge < -0.3 is 0 Å². The first-order valence-electron chi connectivity index (χ1n) is 4.25. The lowest BCUT2D eigenvalue weighted by Gasteiger charge is -2.06. The van der Waals surface area contributed by atoms with Gasteiger partial charge in [0.05, 0.1) is 14.6 Å². The van der Waals surface area contributed by atoms with Crippen LogP contribution in [0.4, 0.5) is 8.78 Å². The van der Waals surface area contributed by atoms with E-state index < -0.39 is 21.6 Å². The Hall–Kier alpha value is -1.15. The van der Waals surface area contributed by atoms with E-state index in [1.807, 2.05) is 0 Å². The van der Waals surface area contributed by atoms with Crippen molar-refractivity contribution in [3.8, 4) is 0 Å². The van der Waals surface area contributed by atoms with Crippen molar-refractivity contribution in [1.29, 1.82) is 0 Å². The zero-order valence-electron chi connectivity index (χ0n) is 8.85. The van der Waals surface area contributed by atoms with E-state index in [0.717, 1.165) is 18.6 Å². The van der Waals surface area contributed by atoms with Crippen LogP contribution < -0.4 is 0 Å². The van der Waals surface area contributed by atoms with Crippen molar-refractivity contribution in [2.75, 3.05) is 6.26 Å². The molecule has 0 aromatic carbocycles. The van der Waals surface area contributed by atoms with E-state index in [1.54, 1.807) is 0 Å². The van der Waals surface area contributed by atoms with Crippen LogP contribution in [0.1, 0.15) is 6.92 Å². The van der Waals surface area contributed by atoms with E-state index in [-0.39, 0.29) is 10.2 Å². The van der Waals surface area contributed by atoms with Crippen LogP contribution in [0.3, 0.4) is 0 Å². The number of hydrogen-bond donors (Lipinski definition) is 0. The number of carbonyl (C=O) groups is 1. The predicted octanol–water partition coefficient (Wildman–Crippen LogP) is 1.77. The van der Waals surface area contributed by atoms with Crippen LogP contribution in [-0.4, -0.2) is 32.3 Å². The molecule has 17 heavy (non-hydrogen) atoms. The zero-order chi connectivity index (χ0) is 13.3. The molecule has 1 aromatic rings. The van der Waals surface area contributed by atoms with Gasteiger partial charge in [-0.2, -0.15) is 13.1 Å². The van der Waals surface area contributed by atoms with Gasteiger partial charge in [0, 0.05) is 25.6 Å². The molecule has 94 valence electrons. The van der Waals surface area contributed by atoms with Gasteiger partial charge in [-0.1, -0.05) is 0 Å². The fourth-order valence-corrected chi connectivity index (χ4v) is 1.96. The first-order chi connectivity index (χ1) is 7.63. The van der Waals surface area contributed by atoms with Gasteiger partial charge in [0.25, 0.3) is 0 Å². The van der Waals surface area contributed by atoms with Crippen LogP contribution in [0.25, 0.3) is 0 Å². The minimum absolute atomic E-state index is 0.0421. The molecule has 0 aliphatic carbocycles. The van der Waals surface area contributed by atoms with Crippen molar-refractivity contribution in [3.63, 3.8) is 0 Å². The molecular weight excluding hydrogens is 276 g/mol. The standard InChI is InChI=1S/C8H8ClF2N3O2S/c1-8(10,11)6(15)14-17(2,16)5-3-12-7(9)13-4-5/h3-4H,1-2H3/t17-/m1/s1. The van der Waals surface area contributed by atoms with Crippen LogP contribution in [-0.2, 0) is 14.5 Å². The maximum absolute atomic E-state index is 12.6. The Labute approximate surface area is 101 Å². The number of carbonyl (C=O) groups excluding carboxylic acids is 1. The van der Waals surface area contributed by atoms with Crippen molar-refractivity contribution >= 4 is 27.2 Å². The Morgan fingerprint density at radius 2 is 1.94 bits per heavy atom. The Kier molecular flexibility index (Phi) is 3.78. The summed E-state index contributed by atoms with van der Waals surface area (Å²) in [6.45, 7) is 0.382. The molecule has 1 rings (SSSR count). The van der Waals surface area contributed by atoms with Crippen molar-refractivity contribution in [2.24, 2.45) is 4.36 Å². The molecule has 0 saturated carbocycles. The topological polar surface area (TPSA) is 72.3 Å². The van der Waals surface area contributed by atoms with Crippen molar-refractivity contribution < 1.29 is 17.8 Å². The van der Waals surface area contributed by atoms with Crippen LogP contribution in [0.5, 0.6) is 0 Å². The number of hydrogen-bond acceptors (Lipinski definition) is 4. The summed E-state index contributed by atoms with van der Waals surface area (Å²) in [4.78, 5) is 18.0. The van der Waals surface area contributed by atoms with Gasteiger partial charge in [-0.15, -0.1) is 0 Å². The Morgan fingerprint density at radius 1 is 1.47 bits per heavy atom. The summed E-state index contributed by atoms with van der Waals surface area (Å²) < 4.78 is 40.1. The average molecular weight is 284 g/mol. The molecule has 1 heterocycles. The molecule has 0 aliphatic heterocycles. The van der Waals surface area contributed by atoms with E-state index in [2.05, 4.69) is 14.3 Å². The van der Waals surface area contributed by atoms with Crippen molar-refractivity contribution in [2.45, 2.75) is 17.7 Å². The highest BCUT2D eigenvalue weighted by Gasteiger charge is 2.33. The van der Waals surface area contributed by atoms with Gasteiger partial charge in [0.2, 0.25) is 5.28 Å². The molecule has 1 amide bonds. The molecule has 0 bridgehead atoms. The number of alkyl halides is 2. The maximum atomic E-state index is 12.6. The summed E-state index contributed by atoms with van der Waals surface area (Å²) in [5, 5.41) is -0.0869. The van der Waals surface area contributed by atoms with Gasteiger partial charge in [0.15, 0.2) is 0 Å². The van der Waals surface area contributed by atoms with E-state index in [1.165, 1.54) is 0 Å². The van der Waals surface area contributed by atoms with Crippen LogP contribution in [0, 0.1) is 0 Å². The highest BCUT2D eigenvalue weighted by atomic mass is 35.5. The number of aromatic nitrogens is 2. The SMILES string of the molecule is CC(F)(F)C(=O)N=[S@](C)(=O)c1cnc(Cl)nc1. The largest absolute Gasteiger partial charge is 0.324 e. The quantitative estimate of drug-likeness (QED) is 0.776.